The molecule has 0 saturated carbocycles. The maximum Gasteiger partial charge on any atom is 0.262 e. The molecule has 1 atom stereocenters. The third kappa shape index (κ3) is 4.26. The van der Waals surface area contributed by atoms with Crippen molar-refractivity contribution in [3.63, 3.8) is 0 Å². The molecule has 1 unspecified atom stereocenters. The van der Waals surface area contributed by atoms with Crippen molar-refractivity contribution in [1.29, 1.82) is 0 Å². The molecule has 2 aromatic rings. The van der Waals surface area contributed by atoms with Gasteiger partial charge in [0.1, 0.15) is 17.9 Å². The van der Waals surface area contributed by atoms with Crippen LogP contribution < -0.4 is 20.7 Å². The van der Waals surface area contributed by atoms with E-state index in [1.165, 1.54) is 0 Å². The van der Waals surface area contributed by atoms with Crippen LogP contribution in [0.1, 0.15) is 52.0 Å². The van der Waals surface area contributed by atoms with Crippen LogP contribution in [0.3, 0.4) is 0 Å². The Labute approximate surface area is 196 Å². The molecule has 2 aromatic carbocycles. The fourth-order valence-corrected chi connectivity index (χ4v) is 4.71. The van der Waals surface area contributed by atoms with Crippen LogP contribution in [0, 0.1) is 0 Å². The van der Waals surface area contributed by atoms with Crippen molar-refractivity contribution in [2.24, 2.45) is 0 Å². The van der Waals surface area contributed by atoms with Gasteiger partial charge in [-0.2, -0.15) is 0 Å². The fourth-order valence-electron chi connectivity index (χ4n) is 4.71. The van der Waals surface area contributed by atoms with Gasteiger partial charge in [-0.1, -0.05) is 18.2 Å². The summed E-state index contributed by atoms with van der Waals surface area (Å²) in [5.41, 5.74) is 2.07. The zero-order valence-corrected chi connectivity index (χ0v) is 18.6. The Balaban J connectivity index is 1.31. The lowest BCUT2D eigenvalue weighted by Gasteiger charge is -2.27. The van der Waals surface area contributed by atoms with E-state index in [-0.39, 0.29) is 24.5 Å². The van der Waals surface area contributed by atoms with Crippen molar-refractivity contribution in [1.82, 2.24) is 15.5 Å². The van der Waals surface area contributed by atoms with Gasteiger partial charge < -0.3 is 15.4 Å². The number of ether oxygens (including phenoxy) is 1. The third-order valence-electron chi connectivity index (χ3n) is 6.46. The molecule has 0 spiro atoms. The number of hydrogen-bond acceptors (Lipinski definition) is 7. The molecular formula is C25H26N4O5. The van der Waals surface area contributed by atoms with Gasteiger partial charge in [-0.25, -0.2) is 0 Å². The van der Waals surface area contributed by atoms with Crippen molar-refractivity contribution in [2.45, 2.75) is 44.4 Å². The molecule has 3 aliphatic heterocycles. The molecule has 2 fully saturated rings. The van der Waals surface area contributed by atoms with Gasteiger partial charge >= 0.3 is 0 Å². The summed E-state index contributed by atoms with van der Waals surface area (Å²) in [4.78, 5) is 51.0. The Morgan fingerprint density at radius 3 is 2.56 bits per heavy atom. The zero-order valence-electron chi connectivity index (χ0n) is 18.6. The standard InChI is InChI=1S/C25H26N4O5/c30-21-8-7-20(23(31)28-21)29-24(32)19-6-1-3-15(22(19)25(29)33)14-27-16-4-2-5-18(13-16)34-17-9-11-26-12-10-17/h1-6,13,17,20,26-27H,7-12,14H2,(H,28,30,31). The summed E-state index contributed by atoms with van der Waals surface area (Å²) in [6.07, 6.45) is 2.35. The van der Waals surface area contributed by atoms with E-state index in [9.17, 15) is 19.2 Å². The third-order valence-corrected chi connectivity index (χ3v) is 6.46. The lowest BCUT2D eigenvalue weighted by atomic mass is 10.0. The second-order valence-corrected chi connectivity index (χ2v) is 8.74. The summed E-state index contributed by atoms with van der Waals surface area (Å²) in [6, 6.07) is 11.8. The van der Waals surface area contributed by atoms with Crippen LogP contribution in [0.25, 0.3) is 0 Å². The van der Waals surface area contributed by atoms with E-state index in [2.05, 4.69) is 16.0 Å². The van der Waals surface area contributed by atoms with Gasteiger partial charge in [-0.3, -0.25) is 29.4 Å². The van der Waals surface area contributed by atoms with Crippen LogP contribution in [-0.4, -0.2) is 53.8 Å². The normalized spacial score (nSPS) is 20.8. The van der Waals surface area contributed by atoms with Crippen molar-refractivity contribution >= 4 is 29.3 Å². The van der Waals surface area contributed by atoms with E-state index in [0.717, 1.165) is 42.3 Å². The molecule has 176 valence electrons. The minimum absolute atomic E-state index is 0.0913. The van der Waals surface area contributed by atoms with Crippen LogP contribution >= 0.6 is 0 Å². The quantitative estimate of drug-likeness (QED) is 0.561. The summed E-state index contributed by atoms with van der Waals surface area (Å²) in [6.45, 7) is 2.22. The number of nitrogens with zero attached hydrogens (tertiary/aromatic N) is 1. The molecule has 3 N–H and O–H groups in total. The topological polar surface area (TPSA) is 117 Å². The largest absolute Gasteiger partial charge is 0.490 e. The molecule has 9 nitrogen and oxygen atoms in total. The van der Waals surface area contributed by atoms with E-state index < -0.39 is 29.7 Å². The van der Waals surface area contributed by atoms with Crippen LogP contribution in [0.15, 0.2) is 42.5 Å². The Morgan fingerprint density at radius 1 is 0.971 bits per heavy atom. The molecule has 0 aromatic heterocycles. The number of nitrogens with one attached hydrogen (secondary N) is 3. The Morgan fingerprint density at radius 2 is 1.76 bits per heavy atom. The molecule has 34 heavy (non-hydrogen) atoms. The smallest absolute Gasteiger partial charge is 0.262 e. The number of piperidine rings is 2. The van der Waals surface area contributed by atoms with Crippen molar-refractivity contribution < 1.29 is 23.9 Å². The highest BCUT2D eigenvalue weighted by molar-refractivity contribution is 6.24. The van der Waals surface area contributed by atoms with Gasteiger partial charge in [-0.05, 0) is 56.1 Å². The number of imide groups is 2. The van der Waals surface area contributed by atoms with Gasteiger partial charge in [0.05, 0.1) is 11.1 Å². The highest BCUT2D eigenvalue weighted by Crippen LogP contribution is 2.30. The molecule has 9 heteroatoms. The van der Waals surface area contributed by atoms with Crippen LogP contribution in [0.5, 0.6) is 5.75 Å². The lowest BCUT2D eigenvalue weighted by Crippen LogP contribution is -2.54. The molecule has 3 heterocycles. The monoisotopic (exact) mass is 462 g/mol. The minimum atomic E-state index is -0.977. The predicted octanol–water partition coefficient (Wildman–Crippen LogP) is 1.83. The Hall–Kier alpha value is -3.72. The molecule has 0 bridgehead atoms. The molecule has 0 radical (unpaired) electrons. The molecule has 0 aliphatic carbocycles. The highest BCUT2D eigenvalue weighted by atomic mass is 16.5. The van der Waals surface area contributed by atoms with E-state index >= 15 is 0 Å². The SMILES string of the molecule is O=C1CCC(N2C(=O)c3cccc(CNc4cccc(OC5CCNCC5)c4)c3C2=O)C(=O)N1. The Bertz CT molecular complexity index is 1160. The van der Waals surface area contributed by atoms with Crippen molar-refractivity contribution in [3.8, 4) is 5.75 Å². The van der Waals surface area contributed by atoms with Gasteiger partial charge in [0.15, 0.2) is 0 Å². The summed E-state index contributed by atoms with van der Waals surface area (Å²) in [5.74, 6) is -1.24. The van der Waals surface area contributed by atoms with Gasteiger partial charge in [0.25, 0.3) is 11.8 Å². The van der Waals surface area contributed by atoms with Gasteiger partial charge in [-0.15, -0.1) is 0 Å². The number of fused-ring (bicyclic) bond motifs is 1. The number of rotatable bonds is 6. The van der Waals surface area contributed by atoms with E-state index in [0.29, 0.717) is 17.7 Å². The van der Waals surface area contributed by atoms with Gasteiger partial charge in [0.2, 0.25) is 11.8 Å². The molecule has 2 saturated heterocycles. The van der Waals surface area contributed by atoms with E-state index in [1.807, 2.05) is 24.3 Å². The first-order chi connectivity index (χ1) is 16.5. The molecule has 4 amide bonds. The maximum atomic E-state index is 13.2. The fraction of sp³-hybridized carbons (Fsp3) is 0.360. The predicted molar refractivity (Wildman–Crippen MR) is 123 cm³/mol. The van der Waals surface area contributed by atoms with E-state index in [4.69, 9.17) is 4.74 Å². The number of amides is 4. The molecular weight excluding hydrogens is 436 g/mol. The number of hydrogen-bond donors (Lipinski definition) is 3. The summed E-state index contributed by atoms with van der Waals surface area (Å²) < 4.78 is 6.10. The minimum Gasteiger partial charge on any atom is -0.490 e. The second kappa shape index (κ2) is 9.26. The molecule has 5 rings (SSSR count). The number of carbonyl (C=O) groups excluding carboxylic acids is 4. The lowest BCUT2D eigenvalue weighted by molar-refractivity contribution is -0.136. The van der Waals surface area contributed by atoms with Crippen molar-refractivity contribution in [2.75, 3.05) is 18.4 Å². The number of benzene rings is 2. The molecule has 3 aliphatic rings. The first kappa shape index (κ1) is 22.1. The van der Waals surface area contributed by atoms with Gasteiger partial charge in [0, 0.05) is 24.7 Å². The van der Waals surface area contributed by atoms with Crippen LogP contribution in [0.4, 0.5) is 5.69 Å². The first-order valence-corrected chi connectivity index (χ1v) is 11.6. The Kier molecular flexibility index (Phi) is 6.02. The maximum absolute atomic E-state index is 13.2. The summed E-state index contributed by atoms with van der Waals surface area (Å²) >= 11 is 0. The summed E-state index contributed by atoms with van der Waals surface area (Å²) in [5, 5.41) is 8.85. The highest BCUT2D eigenvalue weighted by Gasteiger charge is 2.45. The average Bonchev–Trinajstić information content (AvgIpc) is 3.09. The summed E-state index contributed by atoms with van der Waals surface area (Å²) in [7, 11) is 0. The number of anilines is 1. The van der Waals surface area contributed by atoms with Crippen LogP contribution in [-0.2, 0) is 16.1 Å². The first-order valence-electron chi connectivity index (χ1n) is 11.6. The van der Waals surface area contributed by atoms with Crippen LogP contribution in [0.2, 0.25) is 0 Å². The second-order valence-electron chi connectivity index (χ2n) is 8.74. The average molecular weight is 463 g/mol. The number of carbonyl (C=O) groups is 4. The zero-order chi connectivity index (χ0) is 23.7. The van der Waals surface area contributed by atoms with Crippen molar-refractivity contribution in [3.05, 3.63) is 59.2 Å². The van der Waals surface area contributed by atoms with E-state index in [1.54, 1.807) is 18.2 Å².